The van der Waals surface area contributed by atoms with Crippen LogP contribution < -0.4 is 16.4 Å². The maximum Gasteiger partial charge on any atom is 0.276 e. The number of amides is 1. The van der Waals surface area contributed by atoms with E-state index in [0.717, 1.165) is 12.8 Å². The molecule has 0 spiro atoms. The highest BCUT2D eigenvalue weighted by Gasteiger charge is 2.46. The molecule has 0 aromatic carbocycles. The minimum absolute atomic E-state index is 0.0712. The summed E-state index contributed by atoms with van der Waals surface area (Å²) >= 11 is 0. The molecule has 34 heavy (non-hydrogen) atoms. The lowest BCUT2D eigenvalue weighted by atomic mass is 9.94. The number of nitrogens with zero attached hydrogens (tertiary/aromatic N) is 6. The van der Waals surface area contributed by atoms with Crippen molar-refractivity contribution in [3.63, 3.8) is 0 Å². The number of fused-ring (bicyclic) bond motifs is 2. The maximum atomic E-state index is 13.5. The van der Waals surface area contributed by atoms with Gasteiger partial charge in [-0.1, -0.05) is 0 Å². The minimum atomic E-state index is -3.47. The van der Waals surface area contributed by atoms with E-state index in [1.54, 1.807) is 14.0 Å². The zero-order valence-corrected chi connectivity index (χ0v) is 18.7. The van der Waals surface area contributed by atoms with Crippen LogP contribution in [0.5, 0.6) is 0 Å². The zero-order valence-electron chi connectivity index (χ0n) is 18.7. The number of nitrogens with two attached hydrogens (primary N) is 1. The predicted octanol–water partition coefficient (Wildman–Crippen LogP) is 2.11. The van der Waals surface area contributed by atoms with Crippen LogP contribution in [0.2, 0.25) is 0 Å². The number of nitrogens with one attached hydrogen (secondary N) is 2. The Morgan fingerprint density at radius 3 is 2.76 bits per heavy atom. The van der Waals surface area contributed by atoms with Gasteiger partial charge < -0.3 is 11.1 Å². The van der Waals surface area contributed by atoms with Crippen molar-refractivity contribution < 1.29 is 18.0 Å². The molecule has 10 nitrogen and oxygen atoms in total. The second-order valence-electron chi connectivity index (χ2n) is 9.04. The number of anilines is 2. The first-order valence-corrected chi connectivity index (χ1v) is 11.0. The van der Waals surface area contributed by atoms with Gasteiger partial charge in [0.15, 0.2) is 18.1 Å². The lowest BCUT2D eigenvalue weighted by molar-refractivity contribution is -0.121. The number of rotatable bonds is 8. The number of hydrogen-bond acceptors (Lipinski definition) is 8. The Bertz CT molecular complexity index is 1290. The fourth-order valence-corrected chi connectivity index (χ4v) is 4.06. The highest BCUT2D eigenvalue weighted by molar-refractivity contribution is 6.06. The number of aromatic nitrogens is 6. The van der Waals surface area contributed by atoms with E-state index in [2.05, 4.69) is 35.7 Å². The summed E-state index contributed by atoms with van der Waals surface area (Å²) in [6.45, 7) is 0.661. The van der Waals surface area contributed by atoms with Crippen LogP contribution in [0, 0.1) is 5.92 Å². The third-order valence-corrected chi connectivity index (χ3v) is 6.32. The SMILES string of the molecule is Cn1ncc2c(-c3nc(N)c4c(n3)NC(=O)C4(C)NCC3CC3)nc(CCC(F)(F)CF)nc21. The quantitative estimate of drug-likeness (QED) is 0.451. The van der Waals surface area contributed by atoms with Gasteiger partial charge in [-0.15, -0.1) is 0 Å². The molecule has 0 bridgehead atoms. The Labute approximate surface area is 192 Å². The van der Waals surface area contributed by atoms with Crippen molar-refractivity contribution in [1.29, 1.82) is 0 Å². The second-order valence-corrected chi connectivity index (χ2v) is 9.04. The number of carbonyl (C=O) groups excluding carboxylic acids is 1. The fraction of sp³-hybridized carbons (Fsp3) is 0.524. The Morgan fingerprint density at radius 1 is 1.29 bits per heavy atom. The summed E-state index contributed by atoms with van der Waals surface area (Å²) in [5.41, 5.74) is 6.31. The van der Waals surface area contributed by atoms with Gasteiger partial charge in [0.05, 0.1) is 17.1 Å². The second kappa shape index (κ2) is 7.86. The number of halogens is 3. The molecule has 3 aromatic rings. The summed E-state index contributed by atoms with van der Waals surface area (Å²) in [5.74, 6) is -2.68. The van der Waals surface area contributed by atoms with Crippen molar-refractivity contribution in [1.82, 2.24) is 35.0 Å². The lowest BCUT2D eigenvalue weighted by Gasteiger charge is -2.24. The monoisotopic (exact) mass is 475 g/mol. The number of aryl methyl sites for hydroxylation is 2. The summed E-state index contributed by atoms with van der Waals surface area (Å²) in [7, 11) is 1.65. The van der Waals surface area contributed by atoms with Crippen LogP contribution in [0.3, 0.4) is 0 Å². The van der Waals surface area contributed by atoms with Crippen molar-refractivity contribution in [3.8, 4) is 11.5 Å². The van der Waals surface area contributed by atoms with Gasteiger partial charge in [-0.05, 0) is 32.2 Å². The molecule has 0 radical (unpaired) electrons. The molecule has 1 saturated carbocycles. The van der Waals surface area contributed by atoms with E-state index in [-0.39, 0.29) is 41.3 Å². The first-order chi connectivity index (χ1) is 16.1. The van der Waals surface area contributed by atoms with Crippen molar-refractivity contribution in [2.45, 2.75) is 44.1 Å². The summed E-state index contributed by atoms with van der Waals surface area (Å²) in [4.78, 5) is 30.4. The molecule has 4 heterocycles. The normalized spacial score (nSPS) is 20.1. The Hall–Kier alpha value is -3.35. The van der Waals surface area contributed by atoms with Crippen molar-refractivity contribution in [2.24, 2.45) is 13.0 Å². The fourth-order valence-electron chi connectivity index (χ4n) is 4.06. The predicted molar refractivity (Wildman–Crippen MR) is 118 cm³/mol. The van der Waals surface area contributed by atoms with Crippen LogP contribution in [0.15, 0.2) is 6.20 Å². The average molecular weight is 475 g/mol. The van der Waals surface area contributed by atoms with Crippen molar-refractivity contribution in [2.75, 3.05) is 24.3 Å². The van der Waals surface area contributed by atoms with Crippen LogP contribution in [0.1, 0.15) is 37.6 Å². The molecule has 0 saturated heterocycles. The smallest absolute Gasteiger partial charge is 0.276 e. The number of carbonyl (C=O) groups is 1. The third-order valence-electron chi connectivity index (χ3n) is 6.32. The number of alkyl halides is 3. The molecule has 1 fully saturated rings. The number of hydrogen-bond donors (Lipinski definition) is 3. The van der Waals surface area contributed by atoms with E-state index in [4.69, 9.17) is 5.73 Å². The van der Waals surface area contributed by atoms with Crippen molar-refractivity contribution >= 4 is 28.6 Å². The van der Waals surface area contributed by atoms with Gasteiger partial charge in [-0.25, -0.2) is 33.1 Å². The topological polar surface area (TPSA) is 137 Å². The van der Waals surface area contributed by atoms with E-state index >= 15 is 0 Å². The molecule has 2 aliphatic rings. The van der Waals surface area contributed by atoms with Gasteiger partial charge in [0, 0.05) is 19.9 Å². The van der Waals surface area contributed by atoms with Gasteiger partial charge in [-0.3, -0.25) is 14.8 Å². The summed E-state index contributed by atoms with van der Waals surface area (Å²) in [6.07, 6.45) is 2.75. The van der Waals surface area contributed by atoms with Gasteiger partial charge in [0.2, 0.25) is 5.91 Å². The highest BCUT2D eigenvalue weighted by atomic mass is 19.3. The standard InChI is InChI=1S/C21H24F3N9O/c1-20(26-7-10-3-4-10)13-15(25)30-17(31-16(13)32-19(20)34)14-11-8-27-33(2)18(11)29-12(28-14)5-6-21(23,24)9-22/h8,10,26H,3-7,9H2,1-2H3,(H3,25,30,31,32,34). The lowest BCUT2D eigenvalue weighted by Crippen LogP contribution is -2.46. The first-order valence-electron chi connectivity index (χ1n) is 11.0. The molecule has 180 valence electrons. The largest absolute Gasteiger partial charge is 0.383 e. The molecule has 3 aromatic heterocycles. The Kier molecular flexibility index (Phi) is 5.19. The van der Waals surface area contributed by atoms with Gasteiger partial charge in [0.25, 0.3) is 5.92 Å². The zero-order chi connectivity index (χ0) is 24.3. The van der Waals surface area contributed by atoms with E-state index in [0.29, 0.717) is 29.1 Å². The molecular weight excluding hydrogens is 451 g/mol. The molecular formula is C21H24F3N9O. The van der Waals surface area contributed by atoms with Crippen LogP contribution in [0.4, 0.5) is 24.8 Å². The van der Waals surface area contributed by atoms with Gasteiger partial charge in [0.1, 0.15) is 28.7 Å². The van der Waals surface area contributed by atoms with E-state index < -0.39 is 24.6 Å². The van der Waals surface area contributed by atoms with Crippen molar-refractivity contribution in [3.05, 3.63) is 17.6 Å². The van der Waals surface area contributed by atoms with Crippen LogP contribution >= 0.6 is 0 Å². The molecule has 4 N–H and O–H groups in total. The van der Waals surface area contributed by atoms with Crippen LogP contribution in [-0.4, -0.2) is 54.8 Å². The summed E-state index contributed by atoms with van der Waals surface area (Å²) in [6, 6.07) is 0. The first kappa shape index (κ1) is 22.4. The van der Waals surface area contributed by atoms with Crippen LogP contribution in [-0.2, 0) is 23.8 Å². The van der Waals surface area contributed by atoms with E-state index in [1.807, 2.05) is 0 Å². The highest BCUT2D eigenvalue weighted by Crippen LogP contribution is 2.40. The molecule has 1 aliphatic heterocycles. The summed E-state index contributed by atoms with van der Waals surface area (Å²) in [5, 5.41) is 10.7. The molecule has 13 heteroatoms. The number of nitrogen functional groups attached to an aromatic ring is 1. The maximum absolute atomic E-state index is 13.5. The molecule has 1 atom stereocenters. The average Bonchev–Trinajstić information content (AvgIpc) is 3.51. The summed E-state index contributed by atoms with van der Waals surface area (Å²) < 4.78 is 41.0. The van der Waals surface area contributed by atoms with Gasteiger partial charge >= 0.3 is 0 Å². The molecule has 1 amide bonds. The van der Waals surface area contributed by atoms with Gasteiger partial charge in [-0.2, -0.15) is 5.10 Å². The third kappa shape index (κ3) is 3.83. The molecule has 1 aliphatic carbocycles. The van der Waals surface area contributed by atoms with E-state index in [9.17, 15) is 18.0 Å². The molecule has 1 unspecified atom stereocenters. The molecule has 5 rings (SSSR count). The Morgan fingerprint density at radius 2 is 2.06 bits per heavy atom. The Balaban J connectivity index is 1.56. The van der Waals surface area contributed by atoms with E-state index in [1.165, 1.54) is 10.9 Å². The minimum Gasteiger partial charge on any atom is -0.383 e. The van der Waals surface area contributed by atoms with Crippen LogP contribution in [0.25, 0.3) is 22.6 Å².